The molecule has 3 N–H and O–H groups in total. The van der Waals surface area contributed by atoms with E-state index in [4.69, 9.17) is 4.74 Å². The molecule has 1 heterocycles. The molecule has 1 aromatic heterocycles. The molecule has 0 spiro atoms. The molecule has 0 aromatic carbocycles. The number of carbonyl (C=O) groups excluding carboxylic acids is 3. The van der Waals surface area contributed by atoms with Crippen LogP contribution in [0.2, 0.25) is 0 Å². The molecule has 9 heteroatoms. The number of rotatable bonds is 6. The summed E-state index contributed by atoms with van der Waals surface area (Å²) in [6, 6.07) is -1.79. The van der Waals surface area contributed by atoms with Crippen molar-refractivity contribution in [3.8, 4) is 0 Å². The van der Waals surface area contributed by atoms with Crippen molar-refractivity contribution >= 4 is 18.0 Å². The van der Waals surface area contributed by atoms with E-state index in [9.17, 15) is 14.4 Å². The second-order valence-corrected chi connectivity index (χ2v) is 6.22. The summed E-state index contributed by atoms with van der Waals surface area (Å²) in [6.07, 6.45) is 2.54. The minimum Gasteiger partial charge on any atom is -0.467 e. The summed E-state index contributed by atoms with van der Waals surface area (Å²) in [5.74, 6) is -1.14. The Morgan fingerprint density at radius 3 is 2.46 bits per heavy atom. The number of alkyl carbamates (subject to hydrolysis) is 1. The minimum absolute atomic E-state index is 0.168. The van der Waals surface area contributed by atoms with Crippen molar-refractivity contribution in [2.24, 2.45) is 0 Å². The largest absolute Gasteiger partial charge is 0.467 e. The van der Waals surface area contributed by atoms with Gasteiger partial charge in [-0.3, -0.25) is 4.79 Å². The van der Waals surface area contributed by atoms with Gasteiger partial charge in [-0.2, -0.15) is 0 Å². The Labute approximate surface area is 140 Å². The Bertz CT molecular complexity index is 565. The standard InChI is InChI=1S/C15H24N4O5/c1-9(18-14(22)24-15(2,3)4)12(20)19-11(13(21)23-5)6-10-7-16-8-17-10/h7-9,11H,6H2,1-5H3,(H,16,17)(H,18,22)(H,19,20)/t9-,11?/m0/s1. The maximum atomic E-state index is 12.2. The van der Waals surface area contributed by atoms with Crippen LogP contribution in [-0.4, -0.2) is 52.7 Å². The lowest BCUT2D eigenvalue weighted by atomic mass is 10.1. The highest BCUT2D eigenvalue weighted by Gasteiger charge is 2.27. The lowest BCUT2D eigenvalue weighted by molar-refractivity contribution is -0.145. The number of aromatic nitrogens is 2. The maximum Gasteiger partial charge on any atom is 0.408 e. The lowest BCUT2D eigenvalue weighted by Gasteiger charge is -2.23. The minimum atomic E-state index is -0.909. The molecule has 24 heavy (non-hydrogen) atoms. The summed E-state index contributed by atoms with van der Waals surface area (Å²) in [7, 11) is 1.23. The third kappa shape index (κ3) is 6.67. The van der Waals surface area contributed by atoms with Crippen molar-refractivity contribution < 1.29 is 23.9 Å². The molecule has 0 fully saturated rings. The molecular formula is C15H24N4O5. The predicted octanol–water partition coefficient (Wildman–Crippen LogP) is 0.523. The van der Waals surface area contributed by atoms with Crippen molar-refractivity contribution in [3.05, 3.63) is 18.2 Å². The number of nitrogens with one attached hydrogen (secondary N) is 3. The van der Waals surface area contributed by atoms with Gasteiger partial charge in [0, 0.05) is 12.6 Å². The number of imidazole rings is 1. The smallest absolute Gasteiger partial charge is 0.408 e. The third-order valence-corrected chi connectivity index (χ3v) is 2.90. The molecule has 2 amide bonds. The van der Waals surface area contributed by atoms with Crippen LogP contribution >= 0.6 is 0 Å². The molecule has 1 rings (SSSR count). The molecule has 0 aliphatic rings. The number of H-pyrrole nitrogens is 1. The third-order valence-electron chi connectivity index (χ3n) is 2.90. The normalized spacial score (nSPS) is 13.5. The Balaban J connectivity index is 2.63. The molecule has 0 aliphatic heterocycles. The topological polar surface area (TPSA) is 122 Å². The summed E-state index contributed by atoms with van der Waals surface area (Å²) in [5, 5.41) is 4.95. The van der Waals surface area contributed by atoms with E-state index < -0.39 is 35.7 Å². The van der Waals surface area contributed by atoms with Crippen LogP contribution in [0, 0.1) is 0 Å². The van der Waals surface area contributed by atoms with Gasteiger partial charge in [-0.05, 0) is 27.7 Å². The van der Waals surface area contributed by atoms with E-state index in [0.29, 0.717) is 5.69 Å². The predicted molar refractivity (Wildman–Crippen MR) is 85.1 cm³/mol. The average molecular weight is 340 g/mol. The van der Waals surface area contributed by atoms with Crippen LogP contribution in [-0.2, 0) is 25.5 Å². The second kappa shape index (κ2) is 8.32. The second-order valence-electron chi connectivity index (χ2n) is 6.22. The van der Waals surface area contributed by atoms with E-state index >= 15 is 0 Å². The monoisotopic (exact) mass is 340 g/mol. The maximum absolute atomic E-state index is 12.2. The average Bonchev–Trinajstić information content (AvgIpc) is 2.96. The fraction of sp³-hybridized carbons (Fsp3) is 0.600. The number of ether oxygens (including phenoxy) is 2. The van der Waals surface area contributed by atoms with Gasteiger partial charge in [0.15, 0.2) is 0 Å². The van der Waals surface area contributed by atoms with Crippen molar-refractivity contribution in [2.45, 2.75) is 51.8 Å². The van der Waals surface area contributed by atoms with Crippen molar-refractivity contribution in [3.63, 3.8) is 0 Å². The molecule has 1 aromatic rings. The number of hydrogen-bond donors (Lipinski definition) is 3. The fourth-order valence-electron chi connectivity index (χ4n) is 1.79. The van der Waals surface area contributed by atoms with E-state index in [-0.39, 0.29) is 6.42 Å². The number of amides is 2. The van der Waals surface area contributed by atoms with E-state index in [1.807, 2.05) is 0 Å². The van der Waals surface area contributed by atoms with Gasteiger partial charge in [0.05, 0.1) is 19.1 Å². The first-order valence-corrected chi connectivity index (χ1v) is 7.47. The van der Waals surface area contributed by atoms with Gasteiger partial charge in [0.25, 0.3) is 0 Å². The quantitative estimate of drug-likeness (QED) is 0.649. The molecule has 0 saturated carbocycles. The van der Waals surface area contributed by atoms with Gasteiger partial charge >= 0.3 is 12.1 Å². The summed E-state index contributed by atoms with van der Waals surface area (Å²) in [4.78, 5) is 42.5. The van der Waals surface area contributed by atoms with Gasteiger partial charge in [0.2, 0.25) is 5.91 Å². The van der Waals surface area contributed by atoms with Crippen LogP contribution in [0.25, 0.3) is 0 Å². The van der Waals surface area contributed by atoms with Crippen molar-refractivity contribution in [1.29, 1.82) is 0 Å². The molecule has 0 aliphatic carbocycles. The van der Waals surface area contributed by atoms with Crippen LogP contribution in [0.1, 0.15) is 33.4 Å². The van der Waals surface area contributed by atoms with Crippen LogP contribution in [0.3, 0.4) is 0 Å². The number of esters is 1. The van der Waals surface area contributed by atoms with E-state index in [0.717, 1.165) is 0 Å². The molecule has 1 unspecified atom stereocenters. The summed E-state index contributed by atoms with van der Waals surface area (Å²) < 4.78 is 9.77. The van der Waals surface area contributed by atoms with Crippen LogP contribution in [0.5, 0.6) is 0 Å². The molecule has 9 nitrogen and oxygen atoms in total. The molecular weight excluding hydrogens is 316 g/mol. The zero-order valence-corrected chi connectivity index (χ0v) is 14.5. The Hall–Kier alpha value is -2.58. The summed E-state index contributed by atoms with van der Waals surface area (Å²) in [6.45, 7) is 6.64. The molecule has 0 saturated heterocycles. The van der Waals surface area contributed by atoms with Crippen LogP contribution in [0.15, 0.2) is 12.5 Å². The first-order chi connectivity index (χ1) is 11.1. The van der Waals surface area contributed by atoms with E-state index in [1.165, 1.54) is 20.4 Å². The highest BCUT2D eigenvalue weighted by atomic mass is 16.6. The zero-order valence-electron chi connectivity index (χ0n) is 14.5. The van der Waals surface area contributed by atoms with Gasteiger partial charge in [-0.15, -0.1) is 0 Å². The number of hydrogen-bond acceptors (Lipinski definition) is 6. The summed E-state index contributed by atoms with van der Waals surface area (Å²) in [5.41, 5.74) is -0.0761. The SMILES string of the molecule is COC(=O)C(Cc1c[nH]cn1)NC(=O)[C@H](C)NC(=O)OC(C)(C)C. The van der Waals surface area contributed by atoms with Gasteiger partial charge in [0.1, 0.15) is 17.7 Å². The number of aromatic amines is 1. The first kappa shape index (κ1) is 19.5. The molecule has 2 atom stereocenters. The van der Waals surface area contributed by atoms with Gasteiger partial charge < -0.3 is 25.1 Å². The van der Waals surface area contributed by atoms with E-state index in [1.54, 1.807) is 27.0 Å². The molecule has 134 valence electrons. The number of carbonyl (C=O) groups is 3. The van der Waals surface area contributed by atoms with Gasteiger partial charge in [-0.25, -0.2) is 14.6 Å². The van der Waals surface area contributed by atoms with E-state index in [2.05, 4.69) is 25.3 Å². The molecule has 0 bridgehead atoms. The Morgan fingerprint density at radius 1 is 1.29 bits per heavy atom. The van der Waals surface area contributed by atoms with Crippen molar-refractivity contribution in [1.82, 2.24) is 20.6 Å². The molecule has 0 radical (unpaired) electrons. The highest BCUT2D eigenvalue weighted by Crippen LogP contribution is 2.07. The fourth-order valence-corrected chi connectivity index (χ4v) is 1.79. The lowest BCUT2D eigenvalue weighted by Crippen LogP contribution is -2.52. The first-order valence-electron chi connectivity index (χ1n) is 7.47. The Morgan fingerprint density at radius 2 is 1.96 bits per heavy atom. The Kier molecular flexibility index (Phi) is 6.75. The van der Waals surface area contributed by atoms with Crippen molar-refractivity contribution in [2.75, 3.05) is 7.11 Å². The number of methoxy groups -OCH3 is 1. The number of nitrogens with zero attached hydrogens (tertiary/aromatic N) is 1. The summed E-state index contributed by atoms with van der Waals surface area (Å²) >= 11 is 0. The van der Waals surface area contributed by atoms with Crippen LogP contribution in [0.4, 0.5) is 4.79 Å². The zero-order chi connectivity index (χ0) is 18.3. The van der Waals surface area contributed by atoms with Gasteiger partial charge in [-0.1, -0.05) is 0 Å². The van der Waals surface area contributed by atoms with Crippen LogP contribution < -0.4 is 10.6 Å². The highest BCUT2D eigenvalue weighted by molar-refractivity contribution is 5.89.